The Labute approximate surface area is 79.1 Å². The first-order valence-electron chi connectivity index (χ1n) is 4.92. The van der Waals surface area contributed by atoms with Gasteiger partial charge in [0.05, 0.1) is 0 Å². The molecule has 0 fully saturated rings. The quantitative estimate of drug-likeness (QED) is 0.720. The van der Waals surface area contributed by atoms with E-state index in [4.69, 9.17) is 5.73 Å². The monoisotopic (exact) mass is 176 g/mol. The summed E-state index contributed by atoms with van der Waals surface area (Å²) in [7, 11) is 0. The fraction of sp³-hybridized carbons (Fsp3) is 0.455. The van der Waals surface area contributed by atoms with Crippen molar-refractivity contribution in [2.75, 3.05) is 18.4 Å². The second kappa shape index (κ2) is 3.38. The Balaban J connectivity index is 2.37. The third-order valence-corrected chi connectivity index (χ3v) is 2.79. The number of fused-ring (bicyclic) bond motifs is 1. The van der Waals surface area contributed by atoms with E-state index in [2.05, 4.69) is 30.4 Å². The minimum Gasteiger partial charge on any atom is -0.384 e. The first-order valence-corrected chi connectivity index (χ1v) is 4.92. The van der Waals surface area contributed by atoms with Gasteiger partial charge in [-0.3, -0.25) is 0 Å². The topological polar surface area (TPSA) is 38.0 Å². The molecule has 1 aromatic carbocycles. The van der Waals surface area contributed by atoms with Crippen molar-refractivity contribution in [3.8, 4) is 0 Å². The molecule has 1 atom stereocenters. The van der Waals surface area contributed by atoms with Crippen LogP contribution in [0.2, 0.25) is 0 Å². The SMILES string of the molecule is CCc1ccc2c(c1)C(CN)CN2. The van der Waals surface area contributed by atoms with Crippen molar-refractivity contribution in [2.24, 2.45) is 5.73 Å². The van der Waals surface area contributed by atoms with Crippen LogP contribution < -0.4 is 11.1 Å². The van der Waals surface area contributed by atoms with Crippen LogP contribution in [-0.4, -0.2) is 13.1 Å². The Kier molecular flexibility index (Phi) is 2.23. The summed E-state index contributed by atoms with van der Waals surface area (Å²) < 4.78 is 0. The molecule has 0 amide bonds. The van der Waals surface area contributed by atoms with E-state index in [0.717, 1.165) is 19.5 Å². The molecule has 0 bridgehead atoms. The molecule has 1 aromatic rings. The summed E-state index contributed by atoms with van der Waals surface area (Å²) in [5, 5.41) is 3.37. The summed E-state index contributed by atoms with van der Waals surface area (Å²) in [6.45, 7) is 3.92. The van der Waals surface area contributed by atoms with Crippen LogP contribution in [0.1, 0.15) is 24.0 Å². The minimum absolute atomic E-state index is 0.515. The molecule has 13 heavy (non-hydrogen) atoms. The molecule has 70 valence electrons. The summed E-state index contributed by atoms with van der Waals surface area (Å²) in [6, 6.07) is 6.64. The van der Waals surface area contributed by atoms with Gasteiger partial charge >= 0.3 is 0 Å². The second-order valence-corrected chi connectivity index (χ2v) is 3.59. The van der Waals surface area contributed by atoms with E-state index >= 15 is 0 Å². The molecule has 2 heteroatoms. The molecule has 1 unspecified atom stereocenters. The van der Waals surface area contributed by atoms with Crippen molar-refractivity contribution >= 4 is 5.69 Å². The molecule has 0 aliphatic carbocycles. The molecule has 0 spiro atoms. The molecular formula is C11H16N2. The second-order valence-electron chi connectivity index (χ2n) is 3.59. The van der Waals surface area contributed by atoms with Crippen molar-refractivity contribution in [2.45, 2.75) is 19.3 Å². The lowest BCUT2D eigenvalue weighted by Gasteiger charge is -2.07. The molecule has 3 N–H and O–H groups in total. The maximum atomic E-state index is 5.70. The lowest BCUT2D eigenvalue weighted by molar-refractivity contribution is 0.765. The Hall–Kier alpha value is -1.02. The molecule has 0 radical (unpaired) electrons. The van der Waals surface area contributed by atoms with Gasteiger partial charge in [-0.1, -0.05) is 19.1 Å². The van der Waals surface area contributed by atoms with Crippen LogP contribution >= 0.6 is 0 Å². The van der Waals surface area contributed by atoms with E-state index < -0.39 is 0 Å². The number of rotatable bonds is 2. The third kappa shape index (κ3) is 1.42. The van der Waals surface area contributed by atoms with Crippen LogP contribution in [0.25, 0.3) is 0 Å². The summed E-state index contributed by atoms with van der Waals surface area (Å²) in [6.07, 6.45) is 1.10. The first kappa shape index (κ1) is 8.57. The zero-order valence-corrected chi connectivity index (χ0v) is 8.01. The van der Waals surface area contributed by atoms with Gasteiger partial charge in [-0.15, -0.1) is 0 Å². The normalized spacial score (nSPS) is 19.7. The molecular weight excluding hydrogens is 160 g/mol. The van der Waals surface area contributed by atoms with Gasteiger partial charge in [0.2, 0.25) is 0 Å². The van der Waals surface area contributed by atoms with E-state index in [1.807, 2.05) is 0 Å². The van der Waals surface area contributed by atoms with E-state index in [0.29, 0.717) is 5.92 Å². The average Bonchev–Trinajstić information content (AvgIpc) is 2.59. The van der Waals surface area contributed by atoms with Crippen LogP contribution in [0.3, 0.4) is 0 Å². The number of hydrogen-bond donors (Lipinski definition) is 2. The van der Waals surface area contributed by atoms with Crippen LogP contribution in [0.4, 0.5) is 5.69 Å². The Morgan fingerprint density at radius 2 is 2.38 bits per heavy atom. The lowest BCUT2D eigenvalue weighted by Crippen LogP contribution is -2.13. The van der Waals surface area contributed by atoms with Crippen molar-refractivity contribution < 1.29 is 0 Å². The third-order valence-electron chi connectivity index (χ3n) is 2.79. The van der Waals surface area contributed by atoms with Gasteiger partial charge < -0.3 is 11.1 Å². The highest BCUT2D eigenvalue weighted by molar-refractivity contribution is 5.59. The number of nitrogens with two attached hydrogens (primary N) is 1. The zero-order chi connectivity index (χ0) is 9.26. The van der Waals surface area contributed by atoms with Crippen molar-refractivity contribution in [3.63, 3.8) is 0 Å². The number of hydrogen-bond acceptors (Lipinski definition) is 2. The fourth-order valence-corrected chi connectivity index (χ4v) is 1.88. The molecule has 1 aliphatic rings. The Morgan fingerprint density at radius 1 is 1.54 bits per heavy atom. The lowest BCUT2D eigenvalue weighted by atomic mass is 9.98. The molecule has 2 rings (SSSR count). The first-order chi connectivity index (χ1) is 6.35. The van der Waals surface area contributed by atoms with Crippen molar-refractivity contribution in [1.29, 1.82) is 0 Å². The van der Waals surface area contributed by atoms with Gasteiger partial charge in [0.15, 0.2) is 0 Å². The molecule has 1 aliphatic heterocycles. The summed E-state index contributed by atoms with van der Waals surface area (Å²) in [5.41, 5.74) is 9.78. The molecule has 2 nitrogen and oxygen atoms in total. The average molecular weight is 176 g/mol. The molecule has 1 heterocycles. The Bertz CT molecular complexity index is 307. The largest absolute Gasteiger partial charge is 0.384 e. The number of aryl methyl sites for hydroxylation is 1. The standard InChI is InChI=1S/C11H16N2/c1-2-8-3-4-11-10(5-8)9(6-12)7-13-11/h3-5,9,13H,2,6-7,12H2,1H3. The van der Waals surface area contributed by atoms with Crippen LogP contribution in [0.15, 0.2) is 18.2 Å². The van der Waals surface area contributed by atoms with E-state index in [9.17, 15) is 0 Å². The van der Waals surface area contributed by atoms with Crippen LogP contribution in [0.5, 0.6) is 0 Å². The summed E-state index contributed by atoms with van der Waals surface area (Å²) >= 11 is 0. The van der Waals surface area contributed by atoms with Gasteiger partial charge in [0.25, 0.3) is 0 Å². The highest BCUT2D eigenvalue weighted by Crippen LogP contribution is 2.31. The molecule has 0 saturated heterocycles. The van der Waals surface area contributed by atoms with Crippen molar-refractivity contribution in [3.05, 3.63) is 29.3 Å². The van der Waals surface area contributed by atoms with Crippen LogP contribution in [-0.2, 0) is 6.42 Å². The van der Waals surface area contributed by atoms with E-state index in [1.165, 1.54) is 16.8 Å². The highest BCUT2D eigenvalue weighted by atomic mass is 14.9. The van der Waals surface area contributed by atoms with E-state index in [-0.39, 0.29) is 0 Å². The van der Waals surface area contributed by atoms with Crippen LogP contribution in [0, 0.1) is 0 Å². The Morgan fingerprint density at radius 3 is 3.08 bits per heavy atom. The van der Waals surface area contributed by atoms with Crippen molar-refractivity contribution in [1.82, 2.24) is 0 Å². The zero-order valence-electron chi connectivity index (χ0n) is 8.01. The van der Waals surface area contributed by atoms with Gasteiger partial charge in [-0.2, -0.15) is 0 Å². The maximum Gasteiger partial charge on any atom is 0.0377 e. The minimum atomic E-state index is 0.515. The van der Waals surface area contributed by atoms with E-state index in [1.54, 1.807) is 0 Å². The smallest absolute Gasteiger partial charge is 0.0377 e. The number of benzene rings is 1. The summed E-state index contributed by atoms with van der Waals surface area (Å²) in [4.78, 5) is 0. The predicted molar refractivity (Wildman–Crippen MR) is 56.1 cm³/mol. The summed E-state index contributed by atoms with van der Waals surface area (Å²) in [5.74, 6) is 0.515. The number of nitrogens with one attached hydrogen (secondary N) is 1. The van der Waals surface area contributed by atoms with Gasteiger partial charge in [0.1, 0.15) is 0 Å². The predicted octanol–water partition coefficient (Wildman–Crippen LogP) is 1.72. The van der Waals surface area contributed by atoms with Gasteiger partial charge in [-0.05, 0) is 23.6 Å². The highest BCUT2D eigenvalue weighted by Gasteiger charge is 2.20. The maximum absolute atomic E-state index is 5.70. The molecule has 0 aromatic heterocycles. The molecule has 0 saturated carbocycles. The van der Waals surface area contributed by atoms with Gasteiger partial charge in [0, 0.05) is 24.7 Å². The fourth-order valence-electron chi connectivity index (χ4n) is 1.88. The van der Waals surface area contributed by atoms with Gasteiger partial charge in [-0.25, -0.2) is 0 Å². The number of anilines is 1.